The standard InChI is InChI=1S/C13H18ClNO/c1-3-15(9-8-14)13(16)10-12-7-5-4-6-11(12)2/h4-7H,3,8-10H2,1-2H3. The number of halogens is 1. The van der Waals surface area contributed by atoms with Crippen LogP contribution in [0.2, 0.25) is 0 Å². The van der Waals surface area contributed by atoms with Crippen LogP contribution in [-0.4, -0.2) is 29.8 Å². The maximum atomic E-state index is 12.0. The highest BCUT2D eigenvalue weighted by Crippen LogP contribution is 2.09. The van der Waals surface area contributed by atoms with Crippen LogP contribution in [0, 0.1) is 6.92 Å². The lowest BCUT2D eigenvalue weighted by Gasteiger charge is -2.20. The zero-order chi connectivity index (χ0) is 12.0. The number of rotatable bonds is 5. The van der Waals surface area contributed by atoms with E-state index >= 15 is 0 Å². The molecule has 0 aliphatic carbocycles. The Hall–Kier alpha value is -1.02. The van der Waals surface area contributed by atoms with Crippen molar-refractivity contribution in [1.82, 2.24) is 4.90 Å². The molecule has 1 rings (SSSR count). The number of hydrogen-bond acceptors (Lipinski definition) is 1. The van der Waals surface area contributed by atoms with Crippen LogP contribution in [0.1, 0.15) is 18.1 Å². The van der Waals surface area contributed by atoms with Gasteiger partial charge in [0.2, 0.25) is 5.91 Å². The van der Waals surface area contributed by atoms with Gasteiger partial charge in [-0.15, -0.1) is 11.6 Å². The Bertz CT molecular complexity index is 352. The van der Waals surface area contributed by atoms with Gasteiger partial charge in [-0.3, -0.25) is 4.79 Å². The van der Waals surface area contributed by atoms with Crippen molar-refractivity contribution in [2.75, 3.05) is 19.0 Å². The molecule has 0 N–H and O–H groups in total. The second-order valence-electron chi connectivity index (χ2n) is 3.77. The summed E-state index contributed by atoms with van der Waals surface area (Å²) >= 11 is 5.66. The van der Waals surface area contributed by atoms with Crippen molar-refractivity contribution in [3.63, 3.8) is 0 Å². The molecule has 0 aliphatic rings. The van der Waals surface area contributed by atoms with E-state index in [0.29, 0.717) is 18.8 Å². The van der Waals surface area contributed by atoms with Gasteiger partial charge in [0.05, 0.1) is 6.42 Å². The molecule has 0 saturated heterocycles. The molecule has 88 valence electrons. The topological polar surface area (TPSA) is 20.3 Å². The molecule has 16 heavy (non-hydrogen) atoms. The monoisotopic (exact) mass is 239 g/mol. The van der Waals surface area contributed by atoms with E-state index in [1.807, 2.05) is 38.1 Å². The lowest BCUT2D eigenvalue weighted by molar-refractivity contribution is -0.130. The summed E-state index contributed by atoms with van der Waals surface area (Å²) < 4.78 is 0. The van der Waals surface area contributed by atoms with Crippen LogP contribution < -0.4 is 0 Å². The number of alkyl halides is 1. The van der Waals surface area contributed by atoms with E-state index in [0.717, 1.165) is 17.7 Å². The number of hydrogen-bond donors (Lipinski definition) is 0. The van der Waals surface area contributed by atoms with Crippen LogP contribution in [0.3, 0.4) is 0 Å². The Kier molecular flexibility index (Phi) is 5.33. The summed E-state index contributed by atoms with van der Waals surface area (Å²) in [5.74, 6) is 0.644. The molecule has 0 heterocycles. The Labute approximate surface area is 102 Å². The van der Waals surface area contributed by atoms with Crippen LogP contribution in [0.5, 0.6) is 0 Å². The molecule has 2 nitrogen and oxygen atoms in total. The van der Waals surface area contributed by atoms with Crippen molar-refractivity contribution in [3.05, 3.63) is 35.4 Å². The second kappa shape index (κ2) is 6.54. The van der Waals surface area contributed by atoms with Crippen molar-refractivity contribution < 1.29 is 4.79 Å². The summed E-state index contributed by atoms with van der Waals surface area (Å²) in [6.45, 7) is 5.35. The summed E-state index contributed by atoms with van der Waals surface area (Å²) in [6.07, 6.45) is 0.470. The molecule has 0 radical (unpaired) electrons. The summed E-state index contributed by atoms with van der Waals surface area (Å²) in [6, 6.07) is 7.98. The Morgan fingerprint density at radius 1 is 1.38 bits per heavy atom. The minimum absolute atomic E-state index is 0.150. The average Bonchev–Trinajstić information content (AvgIpc) is 2.29. The van der Waals surface area contributed by atoms with Crippen LogP contribution in [0.15, 0.2) is 24.3 Å². The van der Waals surface area contributed by atoms with Crippen molar-refractivity contribution in [1.29, 1.82) is 0 Å². The number of nitrogens with zero attached hydrogens (tertiary/aromatic N) is 1. The zero-order valence-electron chi connectivity index (χ0n) is 9.87. The number of benzene rings is 1. The third-order valence-electron chi connectivity index (χ3n) is 2.69. The smallest absolute Gasteiger partial charge is 0.227 e. The SMILES string of the molecule is CCN(CCCl)C(=O)Cc1ccccc1C. The molecular formula is C13H18ClNO. The van der Waals surface area contributed by atoms with Gasteiger partial charge < -0.3 is 4.90 Å². The fourth-order valence-corrected chi connectivity index (χ4v) is 1.85. The van der Waals surface area contributed by atoms with Crippen molar-refractivity contribution in [3.8, 4) is 0 Å². The van der Waals surface area contributed by atoms with Crippen LogP contribution in [0.25, 0.3) is 0 Å². The summed E-state index contributed by atoms with van der Waals surface area (Å²) in [7, 11) is 0. The van der Waals surface area contributed by atoms with Gasteiger partial charge in [-0.1, -0.05) is 24.3 Å². The number of aryl methyl sites for hydroxylation is 1. The molecule has 0 unspecified atom stereocenters. The first-order valence-corrected chi connectivity index (χ1v) is 6.10. The largest absolute Gasteiger partial charge is 0.341 e. The van der Waals surface area contributed by atoms with E-state index in [2.05, 4.69) is 0 Å². The molecule has 0 atom stereocenters. The molecule has 1 aromatic carbocycles. The molecule has 1 amide bonds. The van der Waals surface area contributed by atoms with Crippen molar-refractivity contribution in [2.45, 2.75) is 20.3 Å². The minimum atomic E-state index is 0.150. The van der Waals surface area contributed by atoms with Crippen LogP contribution in [-0.2, 0) is 11.2 Å². The number of carbonyl (C=O) groups excluding carboxylic acids is 1. The average molecular weight is 240 g/mol. The van der Waals surface area contributed by atoms with Crippen molar-refractivity contribution >= 4 is 17.5 Å². The molecule has 1 aromatic rings. The molecular weight excluding hydrogens is 222 g/mol. The molecule has 0 spiro atoms. The predicted molar refractivity (Wildman–Crippen MR) is 67.9 cm³/mol. The van der Waals surface area contributed by atoms with E-state index in [1.54, 1.807) is 4.90 Å². The Morgan fingerprint density at radius 3 is 2.62 bits per heavy atom. The van der Waals surface area contributed by atoms with Gasteiger partial charge >= 0.3 is 0 Å². The lowest BCUT2D eigenvalue weighted by Crippen LogP contribution is -2.33. The van der Waals surface area contributed by atoms with E-state index in [9.17, 15) is 4.79 Å². The van der Waals surface area contributed by atoms with Gasteiger partial charge in [0.25, 0.3) is 0 Å². The van der Waals surface area contributed by atoms with Crippen LogP contribution >= 0.6 is 11.6 Å². The third-order valence-corrected chi connectivity index (χ3v) is 2.86. The highest BCUT2D eigenvalue weighted by Gasteiger charge is 2.12. The molecule has 0 fully saturated rings. The first kappa shape index (κ1) is 13.0. The van der Waals surface area contributed by atoms with E-state index in [-0.39, 0.29) is 5.91 Å². The Morgan fingerprint density at radius 2 is 2.06 bits per heavy atom. The predicted octanol–water partition coefficient (Wildman–Crippen LogP) is 2.62. The maximum Gasteiger partial charge on any atom is 0.227 e. The highest BCUT2D eigenvalue weighted by atomic mass is 35.5. The van der Waals surface area contributed by atoms with Crippen molar-refractivity contribution in [2.24, 2.45) is 0 Å². The van der Waals surface area contributed by atoms with Gasteiger partial charge in [0.1, 0.15) is 0 Å². The number of likely N-dealkylation sites (N-methyl/N-ethyl adjacent to an activating group) is 1. The van der Waals surface area contributed by atoms with E-state index in [1.165, 1.54) is 0 Å². The van der Waals surface area contributed by atoms with E-state index < -0.39 is 0 Å². The first-order chi connectivity index (χ1) is 7.69. The summed E-state index contributed by atoms with van der Waals surface area (Å²) in [5, 5.41) is 0. The Balaban J connectivity index is 2.66. The minimum Gasteiger partial charge on any atom is -0.341 e. The van der Waals surface area contributed by atoms with Gasteiger partial charge in [-0.25, -0.2) is 0 Å². The van der Waals surface area contributed by atoms with Gasteiger partial charge in [0.15, 0.2) is 0 Å². The molecule has 3 heteroatoms. The first-order valence-electron chi connectivity index (χ1n) is 5.57. The summed E-state index contributed by atoms with van der Waals surface area (Å²) in [4.78, 5) is 13.7. The second-order valence-corrected chi connectivity index (χ2v) is 4.14. The quantitative estimate of drug-likeness (QED) is 0.724. The molecule has 0 saturated carbocycles. The highest BCUT2D eigenvalue weighted by molar-refractivity contribution is 6.18. The van der Waals surface area contributed by atoms with Gasteiger partial charge in [-0.05, 0) is 25.0 Å². The fourth-order valence-electron chi connectivity index (χ4n) is 1.64. The summed E-state index contributed by atoms with van der Waals surface area (Å²) in [5.41, 5.74) is 2.26. The van der Waals surface area contributed by atoms with Gasteiger partial charge in [-0.2, -0.15) is 0 Å². The normalized spacial score (nSPS) is 10.2. The number of carbonyl (C=O) groups is 1. The molecule has 0 aromatic heterocycles. The molecule has 0 bridgehead atoms. The third kappa shape index (κ3) is 3.53. The van der Waals surface area contributed by atoms with E-state index in [4.69, 9.17) is 11.6 Å². The van der Waals surface area contributed by atoms with Gasteiger partial charge in [0, 0.05) is 19.0 Å². The maximum absolute atomic E-state index is 12.0. The fraction of sp³-hybridized carbons (Fsp3) is 0.462. The lowest BCUT2D eigenvalue weighted by atomic mass is 10.1. The molecule has 0 aliphatic heterocycles. The number of amides is 1. The zero-order valence-corrected chi connectivity index (χ0v) is 10.6. The van der Waals surface area contributed by atoms with Crippen LogP contribution in [0.4, 0.5) is 0 Å².